The molecule has 0 aromatic rings. The highest BCUT2D eigenvalue weighted by molar-refractivity contribution is 6.67. The molecule has 2 aliphatic carbocycles. The third-order valence-corrected chi connectivity index (χ3v) is 5.47. The Kier molecular flexibility index (Phi) is 7.10. The van der Waals surface area contributed by atoms with Gasteiger partial charge in [-0.15, -0.1) is 5.98 Å². The summed E-state index contributed by atoms with van der Waals surface area (Å²) < 4.78 is 0. The number of allylic oxidation sites excluding steroid dienone is 1. The first-order valence-corrected chi connectivity index (χ1v) is 9.08. The van der Waals surface area contributed by atoms with Crippen LogP contribution in [0.5, 0.6) is 0 Å². The number of hydrogen-bond acceptors (Lipinski definition) is 0. The fourth-order valence-corrected chi connectivity index (χ4v) is 4.31. The van der Waals surface area contributed by atoms with Crippen molar-refractivity contribution in [1.29, 1.82) is 0 Å². The van der Waals surface area contributed by atoms with E-state index in [9.17, 15) is 0 Å². The minimum Gasteiger partial charge on any atom is -0.118 e. The summed E-state index contributed by atoms with van der Waals surface area (Å²) in [5.41, 5.74) is 0. The molecule has 19 heavy (non-hydrogen) atoms. The molecule has 0 saturated heterocycles. The standard InChI is InChI=1S/C18H33B/c1-2-3-4-11-16-19(17-12-7-5-8-13-17)18-14-9-6-10-15-18/h11,16-18H,2-10,12-15H2,1H3/b16-11-. The molecule has 0 N–H and O–H groups in total. The van der Waals surface area contributed by atoms with E-state index in [1.54, 1.807) is 0 Å². The Balaban J connectivity index is 1.92. The zero-order valence-corrected chi connectivity index (χ0v) is 13.1. The Morgan fingerprint density at radius 3 is 1.84 bits per heavy atom. The number of rotatable bonds is 6. The van der Waals surface area contributed by atoms with E-state index in [1.165, 1.54) is 83.5 Å². The Labute approximate surface area is 121 Å². The van der Waals surface area contributed by atoms with Crippen LogP contribution in [0.2, 0.25) is 11.6 Å². The van der Waals surface area contributed by atoms with E-state index in [4.69, 9.17) is 0 Å². The fourth-order valence-electron chi connectivity index (χ4n) is 4.31. The molecule has 0 atom stereocenters. The van der Waals surface area contributed by atoms with Crippen LogP contribution < -0.4 is 0 Å². The van der Waals surface area contributed by atoms with E-state index < -0.39 is 0 Å². The maximum Gasteiger partial charge on any atom is 0.172 e. The lowest BCUT2D eigenvalue weighted by Gasteiger charge is -2.34. The molecule has 0 unspecified atom stereocenters. The van der Waals surface area contributed by atoms with Gasteiger partial charge in [0.1, 0.15) is 0 Å². The van der Waals surface area contributed by atoms with Crippen LogP contribution in [0, 0.1) is 0 Å². The molecule has 0 amide bonds. The summed E-state index contributed by atoms with van der Waals surface area (Å²) in [6.45, 7) is 3.23. The average Bonchev–Trinajstić information content (AvgIpc) is 2.49. The first-order chi connectivity index (χ1) is 9.42. The SMILES string of the molecule is CCCC/C=C\B(C1CCCCC1)C1CCCCC1. The van der Waals surface area contributed by atoms with Crippen molar-refractivity contribution in [2.24, 2.45) is 0 Å². The quantitative estimate of drug-likeness (QED) is 0.381. The molecule has 0 nitrogen and oxygen atoms in total. The Morgan fingerprint density at radius 2 is 1.37 bits per heavy atom. The molecule has 108 valence electrons. The van der Waals surface area contributed by atoms with Crippen molar-refractivity contribution in [3.05, 3.63) is 12.1 Å². The number of unbranched alkanes of at least 4 members (excludes halogenated alkanes) is 2. The van der Waals surface area contributed by atoms with E-state index in [0.717, 1.165) is 18.3 Å². The molecule has 2 rings (SSSR count). The van der Waals surface area contributed by atoms with Gasteiger partial charge in [-0.2, -0.15) is 0 Å². The predicted molar refractivity (Wildman–Crippen MR) is 88.1 cm³/mol. The molecule has 0 bridgehead atoms. The van der Waals surface area contributed by atoms with Crippen LogP contribution in [0.3, 0.4) is 0 Å². The van der Waals surface area contributed by atoms with E-state index in [2.05, 4.69) is 19.0 Å². The summed E-state index contributed by atoms with van der Waals surface area (Å²) in [5, 5.41) is 0. The van der Waals surface area contributed by atoms with E-state index in [-0.39, 0.29) is 0 Å². The second kappa shape index (κ2) is 8.87. The third kappa shape index (κ3) is 5.01. The van der Waals surface area contributed by atoms with Crippen LogP contribution in [0.4, 0.5) is 0 Å². The lowest BCUT2D eigenvalue weighted by atomic mass is 9.30. The molecule has 0 aliphatic heterocycles. The second-order valence-corrected chi connectivity index (χ2v) is 6.94. The lowest BCUT2D eigenvalue weighted by molar-refractivity contribution is 0.464. The smallest absolute Gasteiger partial charge is 0.118 e. The minimum absolute atomic E-state index is 0.928. The first kappa shape index (κ1) is 15.2. The largest absolute Gasteiger partial charge is 0.172 e. The predicted octanol–water partition coefficient (Wildman–Crippen LogP) is 6.44. The zero-order valence-electron chi connectivity index (χ0n) is 13.1. The maximum absolute atomic E-state index is 2.65. The fraction of sp³-hybridized carbons (Fsp3) is 0.889. The number of hydrogen-bond donors (Lipinski definition) is 0. The Hall–Kier alpha value is -0.195. The second-order valence-electron chi connectivity index (χ2n) is 6.94. The van der Waals surface area contributed by atoms with Gasteiger partial charge in [-0.05, 0) is 6.42 Å². The van der Waals surface area contributed by atoms with Gasteiger partial charge < -0.3 is 0 Å². The highest BCUT2D eigenvalue weighted by Gasteiger charge is 2.32. The molecular formula is C18H33B. The van der Waals surface area contributed by atoms with Gasteiger partial charge >= 0.3 is 0 Å². The first-order valence-electron chi connectivity index (χ1n) is 9.08. The monoisotopic (exact) mass is 260 g/mol. The average molecular weight is 260 g/mol. The van der Waals surface area contributed by atoms with Gasteiger partial charge in [0.15, 0.2) is 6.71 Å². The van der Waals surface area contributed by atoms with Gasteiger partial charge in [0, 0.05) is 0 Å². The van der Waals surface area contributed by atoms with Crippen LogP contribution in [0.1, 0.15) is 90.4 Å². The molecular weight excluding hydrogens is 227 g/mol. The Bertz CT molecular complexity index is 228. The molecule has 0 radical (unpaired) electrons. The maximum atomic E-state index is 2.65. The molecule has 2 fully saturated rings. The van der Waals surface area contributed by atoms with Gasteiger partial charge in [-0.1, -0.05) is 102 Å². The molecule has 0 aromatic carbocycles. The summed E-state index contributed by atoms with van der Waals surface area (Å²) in [6.07, 6.45) is 21.6. The normalized spacial score (nSPS) is 23.0. The van der Waals surface area contributed by atoms with Gasteiger partial charge in [0.2, 0.25) is 0 Å². The van der Waals surface area contributed by atoms with Gasteiger partial charge in [-0.3, -0.25) is 0 Å². The lowest BCUT2D eigenvalue weighted by Crippen LogP contribution is -2.28. The topological polar surface area (TPSA) is 0 Å². The summed E-state index contributed by atoms with van der Waals surface area (Å²) in [5.74, 6) is 4.70. The van der Waals surface area contributed by atoms with Crippen molar-refractivity contribution in [3.63, 3.8) is 0 Å². The van der Waals surface area contributed by atoms with E-state index in [0.29, 0.717) is 0 Å². The van der Waals surface area contributed by atoms with Crippen molar-refractivity contribution in [3.8, 4) is 0 Å². The van der Waals surface area contributed by atoms with Crippen LogP contribution in [-0.2, 0) is 0 Å². The highest BCUT2D eigenvalue weighted by Crippen LogP contribution is 2.41. The van der Waals surface area contributed by atoms with Crippen molar-refractivity contribution in [2.45, 2.75) is 102 Å². The summed E-state index contributed by atoms with van der Waals surface area (Å²) in [7, 11) is 0. The molecule has 2 aliphatic rings. The molecule has 1 heteroatoms. The van der Waals surface area contributed by atoms with Crippen molar-refractivity contribution in [2.75, 3.05) is 0 Å². The van der Waals surface area contributed by atoms with Gasteiger partial charge in [0.05, 0.1) is 0 Å². The molecule has 0 aromatic heterocycles. The van der Waals surface area contributed by atoms with Crippen molar-refractivity contribution in [1.82, 2.24) is 0 Å². The van der Waals surface area contributed by atoms with Crippen LogP contribution in [0.25, 0.3) is 0 Å². The molecule has 0 heterocycles. The highest BCUT2D eigenvalue weighted by atomic mass is 14.2. The van der Waals surface area contributed by atoms with Crippen LogP contribution in [-0.4, -0.2) is 6.71 Å². The zero-order chi connectivity index (χ0) is 13.3. The van der Waals surface area contributed by atoms with E-state index in [1.807, 2.05) is 0 Å². The molecule has 2 saturated carbocycles. The summed E-state index contributed by atoms with van der Waals surface area (Å²) >= 11 is 0. The Morgan fingerprint density at radius 1 is 0.842 bits per heavy atom. The van der Waals surface area contributed by atoms with Crippen LogP contribution >= 0.6 is 0 Å². The van der Waals surface area contributed by atoms with Gasteiger partial charge in [-0.25, -0.2) is 0 Å². The third-order valence-electron chi connectivity index (χ3n) is 5.47. The molecule has 0 spiro atoms. The van der Waals surface area contributed by atoms with Crippen molar-refractivity contribution >= 4 is 6.71 Å². The van der Waals surface area contributed by atoms with Crippen LogP contribution in [0.15, 0.2) is 12.1 Å². The minimum atomic E-state index is 0.928. The summed E-state index contributed by atoms with van der Waals surface area (Å²) in [6, 6.07) is 0. The summed E-state index contributed by atoms with van der Waals surface area (Å²) in [4.78, 5) is 0. The van der Waals surface area contributed by atoms with E-state index >= 15 is 0 Å². The van der Waals surface area contributed by atoms with Crippen molar-refractivity contribution < 1.29 is 0 Å². The van der Waals surface area contributed by atoms with Gasteiger partial charge in [0.25, 0.3) is 0 Å².